The maximum Gasteiger partial charge on any atom is 0.246 e. The van der Waals surface area contributed by atoms with Crippen molar-refractivity contribution >= 4 is 11.8 Å². The summed E-state index contributed by atoms with van der Waals surface area (Å²) < 4.78 is 0. The third-order valence-electron chi connectivity index (χ3n) is 5.28. The molecule has 4 nitrogen and oxygen atoms in total. The number of allylic oxidation sites excluding steroid dienone is 3. The number of nitrogens with zero attached hydrogens (tertiary/aromatic N) is 2. The van der Waals surface area contributed by atoms with E-state index in [1.54, 1.807) is 13.0 Å². The van der Waals surface area contributed by atoms with E-state index in [4.69, 9.17) is 0 Å². The summed E-state index contributed by atoms with van der Waals surface area (Å²) in [5, 5.41) is 0. The molecular weight excluding hydrogens is 288 g/mol. The molecule has 0 bridgehead atoms. The molecule has 1 heterocycles. The first kappa shape index (κ1) is 17.8. The first-order valence-corrected chi connectivity index (χ1v) is 8.67. The maximum atomic E-state index is 12.5. The largest absolute Gasteiger partial charge is 0.337 e. The van der Waals surface area contributed by atoms with Gasteiger partial charge in [-0.3, -0.25) is 9.59 Å². The van der Waals surface area contributed by atoms with E-state index >= 15 is 0 Å². The molecule has 0 aromatic heterocycles. The van der Waals surface area contributed by atoms with E-state index in [2.05, 4.69) is 20.8 Å². The lowest BCUT2D eigenvalue weighted by atomic mass is 9.72. The normalized spacial score (nSPS) is 25.2. The van der Waals surface area contributed by atoms with Gasteiger partial charge in [0.2, 0.25) is 11.8 Å². The summed E-state index contributed by atoms with van der Waals surface area (Å²) in [4.78, 5) is 27.7. The van der Waals surface area contributed by atoms with Crippen molar-refractivity contribution in [2.45, 2.75) is 59.9 Å². The van der Waals surface area contributed by atoms with Crippen molar-refractivity contribution in [2.75, 3.05) is 19.6 Å². The van der Waals surface area contributed by atoms with Gasteiger partial charge in [0.1, 0.15) is 0 Å². The van der Waals surface area contributed by atoms with Crippen molar-refractivity contribution in [1.82, 2.24) is 9.80 Å². The minimum absolute atomic E-state index is 0.0572. The molecular formula is C19H30N2O2. The number of piperazine rings is 1. The van der Waals surface area contributed by atoms with Gasteiger partial charge in [-0.2, -0.15) is 0 Å². The van der Waals surface area contributed by atoms with Gasteiger partial charge in [-0.25, -0.2) is 0 Å². The van der Waals surface area contributed by atoms with E-state index in [0.29, 0.717) is 19.6 Å². The van der Waals surface area contributed by atoms with Crippen LogP contribution in [0, 0.1) is 5.41 Å². The molecule has 2 aliphatic rings. The molecule has 0 radical (unpaired) electrons. The molecule has 0 aromatic carbocycles. The Bertz CT molecular complexity index is 546. The summed E-state index contributed by atoms with van der Waals surface area (Å²) in [5.74, 6) is 0.145. The second-order valence-corrected chi connectivity index (χ2v) is 7.61. The molecule has 23 heavy (non-hydrogen) atoms. The van der Waals surface area contributed by atoms with Gasteiger partial charge >= 0.3 is 0 Å². The van der Waals surface area contributed by atoms with Gasteiger partial charge < -0.3 is 9.80 Å². The Labute approximate surface area is 140 Å². The van der Waals surface area contributed by atoms with Crippen LogP contribution in [0.3, 0.4) is 0 Å². The number of carbonyl (C=O) groups is 2. The number of carbonyl (C=O) groups excluding carboxylic acids is 2. The molecule has 0 aromatic rings. The van der Waals surface area contributed by atoms with Crippen LogP contribution in [0.1, 0.15) is 53.9 Å². The van der Waals surface area contributed by atoms with Gasteiger partial charge in [0, 0.05) is 38.7 Å². The van der Waals surface area contributed by atoms with Crippen LogP contribution in [0.4, 0.5) is 0 Å². The minimum Gasteiger partial charge on any atom is -0.337 e. The van der Waals surface area contributed by atoms with Crippen LogP contribution in [0.25, 0.3) is 0 Å². The van der Waals surface area contributed by atoms with Crippen molar-refractivity contribution < 1.29 is 9.59 Å². The Hall–Kier alpha value is -1.58. The van der Waals surface area contributed by atoms with Crippen molar-refractivity contribution in [2.24, 2.45) is 5.41 Å². The summed E-state index contributed by atoms with van der Waals surface area (Å²) >= 11 is 0. The Morgan fingerprint density at radius 3 is 2.52 bits per heavy atom. The lowest BCUT2D eigenvalue weighted by Crippen LogP contribution is -2.54. The van der Waals surface area contributed by atoms with E-state index in [9.17, 15) is 9.59 Å². The topological polar surface area (TPSA) is 40.6 Å². The van der Waals surface area contributed by atoms with Gasteiger partial charge in [-0.15, -0.1) is 0 Å². The predicted molar refractivity (Wildman–Crippen MR) is 92.9 cm³/mol. The number of hydrogen-bond donors (Lipinski definition) is 0. The van der Waals surface area contributed by atoms with E-state index in [0.717, 1.165) is 6.42 Å². The molecule has 1 aliphatic carbocycles. The van der Waals surface area contributed by atoms with E-state index in [1.165, 1.54) is 24.0 Å². The van der Waals surface area contributed by atoms with Crippen LogP contribution in [-0.4, -0.2) is 47.3 Å². The quantitative estimate of drug-likeness (QED) is 0.734. The third-order valence-corrected chi connectivity index (χ3v) is 5.28. The average Bonchev–Trinajstić information content (AvgIpc) is 2.45. The number of rotatable bonds is 2. The fourth-order valence-electron chi connectivity index (χ4n) is 3.90. The van der Waals surface area contributed by atoms with Gasteiger partial charge in [0.05, 0.1) is 0 Å². The molecule has 0 saturated carbocycles. The zero-order chi connectivity index (χ0) is 17.2. The predicted octanol–water partition coefficient (Wildman–Crippen LogP) is 3.15. The Balaban J connectivity index is 2.04. The molecule has 1 atom stereocenters. The highest BCUT2D eigenvalue weighted by Gasteiger charge is 2.29. The SMILES string of the molecule is CC(=O)N1CCN(C(=O)/C=C/C2=C(C)CCCC2(C)C)C[C@H]1C. The molecule has 4 heteroatoms. The molecule has 2 amide bonds. The molecule has 1 saturated heterocycles. The van der Waals surface area contributed by atoms with Gasteiger partial charge in [0.15, 0.2) is 0 Å². The van der Waals surface area contributed by atoms with Gasteiger partial charge in [0.25, 0.3) is 0 Å². The summed E-state index contributed by atoms with van der Waals surface area (Å²) in [6.07, 6.45) is 7.29. The van der Waals surface area contributed by atoms with Crippen molar-refractivity contribution in [3.63, 3.8) is 0 Å². The van der Waals surface area contributed by atoms with Crippen molar-refractivity contribution in [3.05, 3.63) is 23.3 Å². The van der Waals surface area contributed by atoms with Crippen LogP contribution in [0.2, 0.25) is 0 Å². The second kappa shape index (κ2) is 6.90. The lowest BCUT2D eigenvalue weighted by Gasteiger charge is -2.39. The highest BCUT2D eigenvalue weighted by Crippen LogP contribution is 2.40. The molecule has 0 unspecified atom stereocenters. The highest BCUT2D eigenvalue weighted by molar-refractivity contribution is 5.88. The second-order valence-electron chi connectivity index (χ2n) is 7.61. The van der Waals surface area contributed by atoms with Crippen molar-refractivity contribution in [1.29, 1.82) is 0 Å². The maximum absolute atomic E-state index is 12.5. The third kappa shape index (κ3) is 4.04. The highest BCUT2D eigenvalue weighted by atomic mass is 16.2. The molecule has 0 N–H and O–H groups in total. The molecule has 128 valence electrons. The number of amides is 2. The van der Waals surface area contributed by atoms with Gasteiger partial charge in [-0.05, 0) is 44.1 Å². The first-order valence-electron chi connectivity index (χ1n) is 8.67. The molecule has 1 fully saturated rings. The summed E-state index contributed by atoms with van der Waals surface area (Å²) in [6.45, 7) is 12.2. The monoisotopic (exact) mass is 318 g/mol. The van der Waals surface area contributed by atoms with E-state index < -0.39 is 0 Å². The Morgan fingerprint density at radius 1 is 1.26 bits per heavy atom. The van der Waals surface area contributed by atoms with Gasteiger partial charge in [-0.1, -0.05) is 25.5 Å². The van der Waals surface area contributed by atoms with E-state index in [-0.39, 0.29) is 23.3 Å². The molecule has 0 spiro atoms. The lowest BCUT2D eigenvalue weighted by molar-refractivity contribution is -0.138. The minimum atomic E-state index is 0.0572. The van der Waals surface area contributed by atoms with Crippen LogP contribution in [0.15, 0.2) is 23.3 Å². The number of hydrogen-bond acceptors (Lipinski definition) is 2. The van der Waals surface area contributed by atoms with Crippen molar-refractivity contribution in [3.8, 4) is 0 Å². The zero-order valence-corrected chi connectivity index (χ0v) is 15.2. The van der Waals surface area contributed by atoms with E-state index in [1.807, 2.05) is 22.8 Å². The summed E-state index contributed by atoms with van der Waals surface area (Å²) in [7, 11) is 0. The summed E-state index contributed by atoms with van der Waals surface area (Å²) in [5.41, 5.74) is 2.87. The smallest absolute Gasteiger partial charge is 0.246 e. The molecule has 1 aliphatic heterocycles. The standard InChI is InChI=1S/C19H30N2O2/c1-14-7-6-10-19(4,5)17(14)8-9-18(23)20-11-12-21(16(3)22)15(2)13-20/h8-9,15H,6-7,10-13H2,1-5H3/b9-8+/t15-/m1/s1. The molecule has 2 rings (SSSR count). The average molecular weight is 318 g/mol. The van der Waals surface area contributed by atoms with Crippen LogP contribution < -0.4 is 0 Å². The van der Waals surface area contributed by atoms with Crippen LogP contribution in [-0.2, 0) is 9.59 Å². The van der Waals surface area contributed by atoms with Crippen LogP contribution >= 0.6 is 0 Å². The fourth-order valence-corrected chi connectivity index (χ4v) is 3.90. The van der Waals surface area contributed by atoms with Crippen LogP contribution in [0.5, 0.6) is 0 Å². The first-order chi connectivity index (χ1) is 10.7. The Kier molecular flexibility index (Phi) is 5.33. The Morgan fingerprint density at radius 2 is 1.96 bits per heavy atom. The summed E-state index contributed by atoms with van der Waals surface area (Å²) in [6, 6.07) is 0.0886. The zero-order valence-electron chi connectivity index (χ0n) is 15.2. The fraction of sp³-hybridized carbons (Fsp3) is 0.684.